The largest absolute Gasteiger partial charge is 0.333 e. The van der Waals surface area contributed by atoms with E-state index in [9.17, 15) is 0 Å². The number of rotatable bonds is 0. The molecule has 3 heteroatoms. The molecule has 0 aromatic carbocycles. The number of nitrogens with two attached hydrogens (primary N) is 1. The van der Waals surface area contributed by atoms with Gasteiger partial charge >= 0.3 is 0 Å². The van der Waals surface area contributed by atoms with Gasteiger partial charge in [0.25, 0.3) is 0 Å². The van der Waals surface area contributed by atoms with Crippen LogP contribution in [0.25, 0.3) is 11.0 Å². The third-order valence-corrected chi connectivity index (χ3v) is 1.76. The minimum Gasteiger partial charge on any atom is -0.333 e. The highest BCUT2D eigenvalue weighted by atomic mass is 14.9. The molecule has 2 aromatic rings. The summed E-state index contributed by atoms with van der Waals surface area (Å²) < 4.78 is 2.06. The van der Waals surface area contributed by atoms with Crippen LogP contribution >= 0.6 is 0 Å². The summed E-state index contributed by atoms with van der Waals surface area (Å²) in [6, 6.07) is 8.01. The molecule has 2 heterocycles. The van der Waals surface area contributed by atoms with Crippen LogP contribution in [0, 0.1) is 0 Å². The van der Waals surface area contributed by atoms with Crippen LogP contribution in [0.2, 0.25) is 0 Å². The maximum atomic E-state index is 4.50. The Kier molecular flexibility index (Phi) is 3.34. The van der Waals surface area contributed by atoms with E-state index in [-0.39, 0.29) is 0 Å². The number of nitrogens with zero attached hydrogens (tertiary/aromatic N) is 2. The third kappa shape index (κ3) is 2.00. The standard InChI is InChI=1S/C9H9N2.CH5N/c1-11-7-3-4-8-9(11)5-2-6-10-8;1-2/h2-7H,1H3;2H2,1H3/q+1;. The molecular weight excluding hydrogens is 162 g/mol. The van der Waals surface area contributed by atoms with Crippen molar-refractivity contribution < 1.29 is 4.57 Å². The summed E-state index contributed by atoms with van der Waals surface area (Å²) in [5.41, 5.74) is 6.70. The highest BCUT2D eigenvalue weighted by molar-refractivity contribution is 5.69. The van der Waals surface area contributed by atoms with Crippen LogP contribution in [0.15, 0.2) is 36.7 Å². The molecular formula is C10H14N3+. The fourth-order valence-electron chi connectivity index (χ4n) is 1.18. The molecule has 2 rings (SSSR count). The number of fused-ring (bicyclic) bond motifs is 1. The Morgan fingerprint density at radius 1 is 1.23 bits per heavy atom. The minimum absolute atomic E-state index is 1.04. The molecule has 3 nitrogen and oxygen atoms in total. The van der Waals surface area contributed by atoms with Gasteiger partial charge < -0.3 is 5.73 Å². The molecule has 13 heavy (non-hydrogen) atoms. The van der Waals surface area contributed by atoms with Crippen LogP contribution in [0.5, 0.6) is 0 Å². The third-order valence-electron chi connectivity index (χ3n) is 1.76. The second kappa shape index (κ2) is 4.52. The monoisotopic (exact) mass is 176 g/mol. The summed E-state index contributed by atoms with van der Waals surface area (Å²) in [6.07, 6.45) is 3.83. The lowest BCUT2D eigenvalue weighted by atomic mass is 10.3. The van der Waals surface area contributed by atoms with Crippen LogP contribution in [0.3, 0.4) is 0 Å². The van der Waals surface area contributed by atoms with Gasteiger partial charge in [0, 0.05) is 18.3 Å². The topological polar surface area (TPSA) is 42.8 Å². The van der Waals surface area contributed by atoms with Crippen LogP contribution in [0.1, 0.15) is 0 Å². The van der Waals surface area contributed by atoms with Crippen molar-refractivity contribution in [2.24, 2.45) is 12.8 Å². The first-order valence-electron chi connectivity index (χ1n) is 4.15. The van der Waals surface area contributed by atoms with Crippen molar-refractivity contribution in [2.45, 2.75) is 0 Å². The maximum absolute atomic E-state index is 4.50. The van der Waals surface area contributed by atoms with Crippen molar-refractivity contribution in [2.75, 3.05) is 7.05 Å². The molecule has 0 aliphatic rings. The van der Waals surface area contributed by atoms with E-state index in [4.69, 9.17) is 0 Å². The van der Waals surface area contributed by atoms with Crippen molar-refractivity contribution in [1.29, 1.82) is 0 Å². The van der Waals surface area contributed by atoms with Gasteiger partial charge in [0.05, 0.1) is 0 Å². The van der Waals surface area contributed by atoms with E-state index in [0.717, 1.165) is 11.0 Å². The molecule has 0 amide bonds. The normalized spacial score (nSPS) is 9.15. The summed E-state index contributed by atoms with van der Waals surface area (Å²) in [7, 11) is 3.52. The Balaban J connectivity index is 0.000000396. The molecule has 0 atom stereocenters. The van der Waals surface area contributed by atoms with E-state index in [2.05, 4.69) is 21.4 Å². The Hall–Kier alpha value is -1.48. The highest BCUT2D eigenvalue weighted by Gasteiger charge is 2.00. The summed E-state index contributed by atoms with van der Waals surface area (Å²) in [4.78, 5) is 4.22. The quantitative estimate of drug-likeness (QED) is 0.598. The van der Waals surface area contributed by atoms with Crippen LogP contribution in [-0.2, 0) is 7.05 Å². The molecule has 0 fully saturated rings. The predicted octanol–water partition coefficient (Wildman–Crippen LogP) is 0.634. The first-order chi connectivity index (χ1) is 6.38. The van der Waals surface area contributed by atoms with Gasteiger partial charge in [-0.15, -0.1) is 0 Å². The molecule has 0 aliphatic carbocycles. The predicted molar refractivity (Wildman–Crippen MR) is 53.0 cm³/mol. The zero-order valence-electron chi connectivity index (χ0n) is 7.94. The zero-order valence-corrected chi connectivity index (χ0v) is 7.94. The van der Waals surface area contributed by atoms with Crippen molar-refractivity contribution in [3.63, 3.8) is 0 Å². The van der Waals surface area contributed by atoms with E-state index >= 15 is 0 Å². The number of hydrogen-bond donors (Lipinski definition) is 1. The Bertz CT molecular complexity index is 379. The fourth-order valence-corrected chi connectivity index (χ4v) is 1.18. The van der Waals surface area contributed by atoms with E-state index < -0.39 is 0 Å². The SMILES string of the molecule is CN.C[n+]1cccc2ncccc21. The fraction of sp³-hybridized carbons (Fsp3) is 0.200. The lowest BCUT2D eigenvalue weighted by molar-refractivity contribution is -0.645. The summed E-state index contributed by atoms with van der Waals surface area (Å²) >= 11 is 0. The molecule has 2 N–H and O–H groups in total. The molecule has 0 spiro atoms. The Morgan fingerprint density at radius 2 is 2.00 bits per heavy atom. The lowest BCUT2D eigenvalue weighted by Crippen LogP contribution is -2.27. The van der Waals surface area contributed by atoms with Gasteiger partial charge in [-0.3, -0.25) is 0 Å². The van der Waals surface area contributed by atoms with Gasteiger partial charge in [-0.25, -0.2) is 4.98 Å². The van der Waals surface area contributed by atoms with Crippen LogP contribution in [-0.4, -0.2) is 12.0 Å². The van der Waals surface area contributed by atoms with E-state index in [1.165, 1.54) is 7.05 Å². The van der Waals surface area contributed by atoms with Gasteiger partial charge in [-0.1, -0.05) is 0 Å². The first kappa shape index (κ1) is 9.61. The molecule has 0 aliphatic heterocycles. The molecule has 68 valence electrons. The average molecular weight is 176 g/mol. The smallest absolute Gasteiger partial charge is 0.230 e. The first-order valence-corrected chi connectivity index (χ1v) is 4.15. The van der Waals surface area contributed by atoms with Gasteiger partial charge in [0.2, 0.25) is 5.52 Å². The number of aryl methyl sites for hydroxylation is 1. The van der Waals surface area contributed by atoms with Gasteiger partial charge in [0.1, 0.15) is 12.6 Å². The van der Waals surface area contributed by atoms with Crippen molar-refractivity contribution >= 4 is 11.0 Å². The van der Waals surface area contributed by atoms with Gasteiger partial charge in [-0.2, -0.15) is 4.57 Å². The number of aromatic nitrogens is 2. The average Bonchev–Trinajstić information content (AvgIpc) is 2.22. The summed E-state index contributed by atoms with van der Waals surface area (Å²) in [5, 5.41) is 0. The van der Waals surface area contributed by atoms with Gasteiger partial charge in [0.15, 0.2) is 6.20 Å². The molecule has 0 saturated heterocycles. The maximum Gasteiger partial charge on any atom is 0.230 e. The lowest BCUT2D eigenvalue weighted by Gasteiger charge is -1.92. The Morgan fingerprint density at radius 3 is 2.69 bits per heavy atom. The molecule has 0 saturated carbocycles. The minimum atomic E-state index is 1.04. The highest BCUT2D eigenvalue weighted by Crippen LogP contribution is 2.02. The van der Waals surface area contributed by atoms with Crippen LogP contribution in [0.4, 0.5) is 0 Å². The summed E-state index contributed by atoms with van der Waals surface area (Å²) in [6.45, 7) is 0. The van der Waals surface area contributed by atoms with Crippen molar-refractivity contribution in [3.05, 3.63) is 36.7 Å². The van der Waals surface area contributed by atoms with E-state index in [1.54, 1.807) is 0 Å². The van der Waals surface area contributed by atoms with Gasteiger partial charge in [-0.05, 0) is 19.2 Å². The number of hydrogen-bond acceptors (Lipinski definition) is 2. The van der Waals surface area contributed by atoms with Crippen molar-refractivity contribution in [3.8, 4) is 0 Å². The molecule has 2 aromatic heterocycles. The van der Waals surface area contributed by atoms with Crippen LogP contribution < -0.4 is 10.3 Å². The summed E-state index contributed by atoms with van der Waals surface area (Å²) in [5.74, 6) is 0. The second-order valence-electron chi connectivity index (χ2n) is 2.53. The van der Waals surface area contributed by atoms with Crippen molar-refractivity contribution in [1.82, 2.24) is 4.98 Å². The number of pyridine rings is 2. The Labute approximate surface area is 77.8 Å². The molecule has 0 bridgehead atoms. The molecule has 0 unspecified atom stereocenters. The van der Waals surface area contributed by atoms with E-state index in [0.29, 0.717) is 0 Å². The molecule has 0 radical (unpaired) electrons. The second-order valence-corrected chi connectivity index (χ2v) is 2.53. The van der Waals surface area contributed by atoms with E-state index in [1.807, 2.05) is 37.6 Å². The zero-order chi connectivity index (χ0) is 9.68.